The number of nitro groups is 1. The van der Waals surface area contributed by atoms with Gasteiger partial charge in [0.1, 0.15) is 5.75 Å². The van der Waals surface area contributed by atoms with Crippen LogP contribution in [0.3, 0.4) is 0 Å². The molecular formula is C16H14N2O3. The maximum absolute atomic E-state index is 10.9. The summed E-state index contributed by atoms with van der Waals surface area (Å²) in [6.07, 6.45) is 2.38. The smallest absolute Gasteiger partial charge is 0.272 e. The van der Waals surface area contributed by atoms with E-state index in [1.54, 1.807) is 18.2 Å². The Bertz CT molecular complexity index is 780. The molecule has 106 valence electrons. The molecule has 0 fully saturated rings. The van der Waals surface area contributed by atoms with Crippen LogP contribution in [0.1, 0.15) is 5.56 Å². The highest BCUT2D eigenvalue weighted by Crippen LogP contribution is 2.21. The number of hydrogen-bond donors (Lipinski definition) is 1. The number of nitrogens with zero attached hydrogens (tertiary/aromatic N) is 1. The van der Waals surface area contributed by atoms with Crippen molar-refractivity contribution >= 4 is 16.6 Å². The number of nitro benzene ring substituents is 1. The normalized spacial score (nSPS) is 10.7. The second-order valence-corrected chi connectivity index (χ2v) is 4.71. The summed E-state index contributed by atoms with van der Waals surface area (Å²) in [5, 5.41) is 12.0. The van der Waals surface area contributed by atoms with Gasteiger partial charge in [-0.2, -0.15) is 0 Å². The lowest BCUT2D eigenvalue weighted by Crippen LogP contribution is -2.03. The molecule has 0 unspecified atom stereocenters. The van der Waals surface area contributed by atoms with Crippen LogP contribution in [0.4, 0.5) is 5.69 Å². The van der Waals surface area contributed by atoms with Gasteiger partial charge in [0.05, 0.1) is 11.5 Å². The summed E-state index contributed by atoms with van der Waals surface area (Å²) in [6.45, 7) is 0.404. The predicted octanol–water partition coefficient (Wildman–Crippen LogP) is 3.70. The van der Waals surface area contributed by atoms with Gasteiger partial charge in [0.15, 0.2) is 0 Å². The van der Waals surface area contributed by atoms with Crippen molar-refractivity contribution in [1.29, 1.82) is 0 Å². The zero-order valence-electron chi connectivity index (χ0n) is 11.3. The third-order valence-corrected chi connectivity index (χ3v) is 3.35. The van der Waals surface area contributed by atoms with Crippen LogP contribution >= 0.6 is 0 Å². The van der Waals surface area contributed by atoms with E-state index in [-0.39, 0.29) is 10.6 Å². The molecule has 3 aromatic rings. The number of rotatable bonds is 5. The Morgan fingerprint density at radius 1 is 1.14 bits per heavy atom. The fourth-order valence-electron chi connectivity index (χ4n) is 2.30. The summed E-state index contributed by atoms with van der Waals surface area (Å²) in [5.74, 6) is 0.765. The average Bonchev–Trinajstić information content (AvgIpc) is 2.95. The topological polar surface area (TPSA) is 68.2 Å². The standard InChI is InChI=1S/C16H14N2O3/c19-18(20)16-4-2-1-3-12(16)8-10-21-14-5-6-15-13(11-14)7-9-17-15/h1-7,9,11,17H,8,10H2. The Kier molecular flexibility index (Phi) is 3.55. The summed E-state index contributed by atoms with van der Waals surface area (Å²) in [4.78, 5) is 13.7. The molecule has 0 amide bonds. The molecule has 1 N–H and O–H groups in total. The molecular weight excluding hydrogens is 268 g/mol. The molecule has 0 bridgehead atoms. The first-order valence-electron chi connectivity index (χ1n) is 6.66. The van der Waals surface area contributed by atoms with E-state index in [4.69, 9.17) is 4.74 Å². The number of nitrogens with one attached hydrogen (secondary N) is 1. The second-order valence-electron chi connectivity index (χ2n) is 4.71. The minimum absolute atomic E-state index is 0.141. The SMILES string of the molecule is O=[N+]([O-])c1ccccc1CCOc1ccc2[nH]ccc2c1. The average molecular weight is 282 g/mol. The van der Waals surface area contributed by atoms with Gasteiger partial charge in [-0.05, 0) is 24.3 Å². The molecule has 0 spiro atoms. The van der Waals surface area contributed by atoms with Crippen molar-refractivity contribution in [2.24, 2.45) is 0 Å². The van der Waals surface area contributed by atoms with Crippen LogP contribution in [0.5, 0.6) is 5.75 Å². The molecule has 1 aromatic heterocycles. The van der Waals surface area contributed by atoms with Gasteiger partial charge < -0.3 is 9.72 Å². The van der Waals surface area contributed by atoms with Gasteiger partial charge >= 0.3 is 0 Å². The molecule has 1 heterocycles. The van der Waals surface area contributed by atoms with Crippen molar-refractivity contribution in [2.75, 3.05) is 6.61 Å². The van der Waals surface area contributed by atoms with E-state index >= 15 is 0 Å². The van der Waals surface area contributed by atoms with Gasteiger partial charge in [0, 0.05) is 35.2 Å². The molecule has 0 aliphatic carbocycles. The van der Waals surface area contributed by atoms with Crippen LogP contribution in [0, 0.1) is 10.1 Å². The maximum atomic E-state index is 10.9. The highest BCUT2D eigenvalue weighted by Gasteiger charge is 2.11. The van der Waals surface area contributed by atoms with Crippen molar-refractivity contribution < 1.29 is 9.66 Å². The molecule has 0 saturated carbocycles. The van der Waals surface area contributed by atoms with E-state index in [1.165, 1.54) is 6.07 Å². The summed E-state index contributed by atoms with van der Waals surface area (Å²) < 4.78 is 5.69. The Hall–Kier alpha value is -2.82. The molecule has 0 aliphatic heterocycles. The van der Waals surface area contributed by atoms with E-state index in [0.717, 1.165) is 16.7 Å². The lowest BCUT2D eigenvalue weighted by Gasteiger charge is -2.07. The monoisotopic (exact) mass is 282 g/mol. The largest absolute Gasteiger partial charge is 0.493 e. The summed E-state index contributed by atoms with van der Waals surface area (Å²) in [5.41, 5.74) is 1.88. The minimum Gasteiger partial charge on any atom is -0.493 e. The van der Waals surface area contributed by atoms with E-state index in [1.807, 2.05) is 30.5 Å². The van der Waals surface area contributed by atoms with Crippen molar-refractivity contribution in [3.8, 4) is 5.75 Å². The third-order valence-electron chi connectivity index (χ3n) is 3.35. The Balaban J connectivity index is 1.67. The first-order chi connectivity index (χ1) is 10.2. The quantitative estimate of drug-likeness (QED) is 0.573. The highest BCUT2D eigenvalue weighted by atomic mass is 16.6. The molecule has 5 heteroatoms. The fraction of sp³-hybridized carbons (Fsp3) is 0.125. The number of fused-ring (bicyclic) bond motifs is 1. The molecule has 0 radical (unpaired) electrons. The van der Waals surface area contributed by atoms with Crippen LogP contribution in [-0.4, -0.2) is 16.5 Å². The molecule has 0 aliphatic rings. The van der Waals surface area contributed by atoms with Crippen LogP contribution in [-0.2, 0) is 6.42 Å². The zero-order chi connectivity index (χ0) is 14.7. The van der Waals surface area contributed by atoms with Gasteiger partial charge in [0.25, 0.3) is 5.69 Å². The van der Waals surface area contributed by atoms with Crippen LogP contribution in [0.2, 0.25) is 0 Å². The van der Waals surface area contributed by atoms with Crippen molar-refractivity contribution in [3.63, 3.8) is 0 Å². The van der Waals surface area contributed by atoms with Crippen molar-refractivity contribution in [1.82, 2.24) is 4.98 Å². The van der Waals surface area contributed by atoms with Crippen LogP contribution in [0.25, 0.3) is 10.9 Å². The molecule has 3 rings (SSSR count). The highest BCUT2D eigenvalue weighted by molar-refractivity contribution is 5.80. The van der Waals surface area contributed by atoms with Gasteiger partial charge in [-0.1, -0.05) is 18.2 Å². The molecule has 21 heavy (non-hydrogen) atoms. The van der Waals surface area contributed by atoms with E-state index < -0.39 is 0 Å². The lowest BCUT2D eigenvalue weighted by molar-refractivity contribution is -0.385. The van der Waals surface area contributed by atoms with Gasteiger partial charge in [-0.15, -0.1) is 0 Å². The van der Waals surface area contributed by atoms with Gasteiger partial charge in [0.2, 0.25) is 0 Å². The van der Waals surface area contributed by atoms with E-state index in [9.17, 15) is 10.1 Å². The fourth-order valence-corrected chi connectivity index (χ4v) is 2.30. The number of ether oxygens (including phenoxy) is 1. The molecule has 0 saturated heterocycles. The van der Waals surface area contributed by atoms with Gasteiger partial charge in [-0.3, -0.25) is 10.1 Å². The third kappa shape index (κ3) is 2.86. The van der Waals surface area contributed by atoms with Gasteiger partial charge in [-0.25, -0.2) is 0 Å². The Morgan fingerprint density at radius 2 is 2.00 bits per heavy atom. The second kappa shape index (κ2) is 5.66. The summed E-state index contributed by atoms with van der Waals surface area (Å²) >= 11 is 0. The summed E-state index contributed by atoms with van der Waals surface area (Å²) in [6, 6.07) is 14.5. The number of benzene rings is 2. The number of para-hydroxylation sites is 1. The lowest BCUT2D eigenvalue weighted by atomic mass is 10.1. The Labute approximate surface area is 121 Å². The Morgan fingerprint density at radius 3 is 2.86 bits per heavy atom. The van der Waals surface area contributed by atoms with Crippen molar-refractivity contribution in [2.45, 2.75) is 6.42 Å². The van der Waals surface area contributed by atoms with E-state index in [2.05, 4.69) is 4.98 Å². The van der Waals surface area contributed by atoms with E-state index in [0.29, 0.717) is 18.6 Å². The van der Waals surface area contributed by atoms with Crippen molar-refractivity contribution in [3.05, 3.63) is 70.4 Å². The number of hydrogen-bond acceptors (Lipinski definition) is 3. The first kappa shape index (κ1) is 13.2. The number of aromatic amines is 1. The first-order valence-corrected chi connectivity index (χ1v) is 6.66. The molecule has 0 atom stereocenters. The molecule has 5 nitrogen and oxygen atoms in total. The summed E-state index contributed by atoms with van der Waals surface area (Å²) in [7, 11) is 0. The minimum atomic E-state index is -0.360. The number of aromatic nitrogens is 1. The zero-order valence-corrected chi connectivity index (χ0v) is 11.3. The van der Waals surface area contributed by atoms with Crippen LogP contribution in [0.15, 0.2) is 54.7 Å². The predicted molar refractivity (Wildman–Crippen MR) is 80.6 cm³/mol. The maximum Gasteiger partial charge on any atom is 0.272 e. The van der Waals surface area contributed by atoms with Crippen LogP contribution < -0.4 is 4.74 Å². The number of H-pyrrole nitrogens is 1. The molecule has 2 aromatic carbocycles.